The quantitative estimate of drug-likeness (QED) is 0.596. The van der Waals surface area contributed by atoms with E-state index in [-0.39, 0.29) is 17.6 Å². The summed E-state index contributed by atoms with van der Waals surface area (Å²) in [5, 5.41) is 7.81. The first kappa shape index (κ1) is 16.1. The molecule has 0 aliphatic heterocycles. The summed E-state index contributed by atoms with van der Waals surface area (Å²) in [7, 11) is 0. The summed E-state index contributed by atoms with van der Waals surface area (Å²) >= 11 is 0. The van der Waals surface area contributed by atoms with E-state index >= 15 is 0 Å². The summed E-state index contributed by atoms with van der Waals surface area (Å²) < 4.78 is 11.2. The van der Waals surface area contributed by atoms with Crippen LogP contribution < -0.4 is 5.32 Å². The lowest BCUT2D eigenvalue weighted by molar-refractivity contribution is 0.0926. The van der Waals surface area contributed by atoms with Crippen molar-refractivity contribution in [2.24, 2.45) is 0 Å². The van der Waals surface area contributed by atoms with Crippen molar-refractivity contribution < 1.29 is 13.7 Å². The number of fused-ring (bicyclic) bond motifs is 1. The van der Waals surface area contributed by atoms with Crippen LogP contribution in [0.2, 0.25) is 0 Å². The second kappa shape index (κ2) is 6.48. The third-order valence-corrected chi connectivity index (χ3v) is 4.31. The summed E-state index contributed by atoms with van der Waals surface area (Å²) in [6.07, 6.45) is 3.33. The minimum atomic E-state index is -0.323. The molecule has 0 aliphatic rings. The lowest BCUT2D eigenvalue weighted by Crippen LogP contribution is -2.27. The molecule has 6 heteroatoms. The second-order valence-corrected chi connectivity index (χ2v) is 6.10. The molecule has 0 saturated carbocycles. The van der Waals surface area contributed by atoms with Crippen molar-refractivity contribution in [2.45, 2.75) is 19.9 Å². The van der Waals surface area contributed by atoms with E-state index in [1.165, 1.54) is 0 Å². The summed E-state index contributed by atoms with van der Waals surface area (Å²) in [6, 6.07) is 12.8. The van der Waals surface area contributed by atoms with Crippen LogP contribution in [0, 0.1) is 6.92 Å². The summed E-state index contributed by atoms with van der Waals surface area (Å²) in [5.41, 5.74) is 2.80. The number of hydrogen-bond donors (Lipinski definition) is 1. The standard InChI is InChI=1S/C20H17N3O3/c1-12-15-7-3-4-8-17(15)25-19(12)13(2)22-20(24)16-10-18(26-23-16)14-6-5-9-21-11-14/h3-11,13H,1-2H3,(H,22,24). The molecule has 4 rings (SSSR count). The van der Waals surface area contributed by atoms with E-state index in [1.807, 2.05) is 44.2 Å². The SMILES string of the molecule is Cc1c(C(C)NC(=O)c2cc(-c3cccnc3)on2)oc2ccccc12. The molecule has 1 amide bonds. The number of amides is 1. The Morgan fingerprint density at radius 1 is 1.19 bits per heavy atom. The number of pyridine rings is 1. The lowest BCUT2D eigenvalue weighted by Gasteiger charge is -2.11. The van der Waals surface area contributed by atoms with Crippen LogP contribution in [-0.2, 0) is 0 Å². The lowest BCUT2D eigenvalue weighted by atomic mass is 10.1. The van der Waals surface area contributed by atoms with Gasteiger partial charge in [-0.25, -0.2) is 0 Å². The van der Waals surface area contributed by atoms with E-state index in [2.05, 4.69) is 15.5 Å². The maximum Gasteiger partial charge on any atom is 0.274 e. The Labute approximate surface area is 149 Å². The highest BCUT2D eigenvalue weighted by atomic mass is 16.5. The molecule has 0 aliphatic carbocycles. The van der Waals surface area contributed by atoms with Gasteiger partial charge in [0.25, 0.3) is 5.91 Å². The van der Waals surface area contributed by atoms with Crippen LogP contribution in [0.1, 0.15) is 34.8 Å². The summed E-state index contributed by atoms with van der Waals surface area (Å²) in [6.45, 7) is 3.87. The molecule has 130 valence electrons. The molecule has 1 aromatic carbocycles. The monoisotopic (exact) mass is 347 g/mol. The number of carbonyl (C=O) groups excluding carboxylic acids is 1. The van der Waals surface area contributed by atoms with Gasteiger partial charge in [-0.2, -0.15) is 0 Å². The molecule has 6 nitrogen and oxygen atoms in total. The van der Waals surface area contributed by atoms with E-state index in [0.717, 1.165) is 27.9 Å². The van der Waals surface area contributed by atoms with Crippen molar-refractivity contribution in [1.29, 1.82) is 0 Å². The Kier molecular flexibility index (Phi) is 4.01. The molecule has 0 radical (unpaired) electrons. The fourth-order valence-corrected chi connectivity index (χ4v) is 2.97. The number of benzene rings is 1. The van der Waals surface area contributed by atoms with Gasteiger partial charge in [0, 0.05) is 35.0 Å². The largest absolute Gasteiger partial charge is 0.459 e. The van der Waals surface area contributed by atoms with Gasteiger partial charge in [0.2, 0.25) is 0 Å². The molecule has 0 fully saturated rings. The van der Waals surface area contributed by atoms with Gasteiger partial charge in [0.1, 0.15) is 11.3 Å². The number of hydrogen-bond acceptors (Lipinski definition) is 5. The first-order valence-corrected chi connectivity index (χ1v) is 8.29. The highest BCUT2D eigenvalue weighted by molar-refractivity contribution is 5.93. The zero-order chi connectivity index (χ0) is 18.1. The fraction of sp³-hybridized carbons (Fsp3) is 0.150. The molecule has 0 saturated heterocycles. The van der Waals surface area contributed by atoms with Gasteiger partial charge in [-0.15, -0.1) is 0 Å². The van der Waals surface area contributed by atoms with E-state index in [0.29, 0.717) is 5.76 Å². The van der Waals surface area contributed by atoms with Gasteiger partial charge in [-0.1, -0.05) is 23.4 Å². The van der Waals surface area contributed by atoms with Crippen LogP contribution in [0.4, 0.5) is 0 Å². The van der Waals surface area contributed by atoms with Crippen molar-refractivity contribution >= 4 is 16.9 Å². The molecule has 3 aromatic heterocycles. The van der Waals surface area contributed by atoms with Gasteiger partial charge in [-0.3, -0.25) is 9.78 Å². The van der Waals surface area contributed by atoms with E-state index < -0.39 is 0 Å². The van der Waals surface area contributed by atoms with Crippen molar-refractivity contribution in [1.82, 2.24) is 15.5 Å². The number of furan rings is 1. The molecule has 0 spiro atoms. The van der Waals surface area contributed by atoms with Gasteiger partial charge in [0.15, 0.2) is 11.5 Å². The topological polar surface area (TPSA) is 81.2 Å². The minimum Gasteiger partial charge on any atom is -0.459 e. The van der Waals surface area contributed by atoms with Gasteiger partial charge in [-0.05, 0) is 32.0 Å². The molecular formula is C20H17N3O3. The van der Waals surface area contributed by atoms with Gasteiger partial charge < -0.3 is 14.3 Å². The van der Waals surface area contributed by atoms with Crippen LogP contribution in [0.15, 0.2) is 63.8 Å². The third kappa shape index (κ3) is 2.86. The van der Waals surface area contributed by atoms with Crippen molar-refractivity contribution in [2.75, 3.05) is 0 Å². The number of aromatic nitrogens is 2. The molecule has 1 atom stereocenters. The van der Waals surface area contributed by atoms with E-state index in [9.17, 15) is 4.79 Å². The highest BCUT2D eigenvalue weighted by Crippen LogP contribution is 2.29. The summed E-state index contributed by atoms with van der Waals surface area (Å²) in [5.74, 6) is 0.905. The van der Waals surface area contributed by atoms with E-state index in [4.69, 9.17) is 8.94 Å². The average molecular weight is 347 g/mol. The highest BCUT2D eigenvalue weighted by Gasteiger charge is 2.21. The van der Waals surface area contributed by atoms with Crippen LogP contribution in [0.5, 0.6) is 0 Å². The fourth-order valence-electron chi connectivity index (χ4n) is 2.97. The van der Waals surface area contributed by atoms with E-state index in [1.54, 1.807) is 24.5 Å². The zero-order valence-electron chi connectivity index (χ0n) is 14.4. The number of rotatable bonds is 4. The number of aryl methyl sites for hydroxylation is 1. The average Bonchev–Trinajstić information content (AvgIpc) is 3.28. The molecule has 0 bridgehead atoms. The van der Waals surface area contributed by atoms with Gasteiger partial charge >= 0.3 is 0 Å². The first-order valence-electron chi connectivity index (χ1n) is 8.29. The molecular weight excluding hydrogens is 330 g/mol. The predicted octanol–water partition coefficient (Wildman–Crippen LogP) is 4.28. The molecule has 1 unspecified atom stereocenters. The first-order chi connectivity index (χ1) is 12.6. The minimum absolute atomic E-state index is 0.212. The van der Waals surface area contributed by atoms with Crippen molar-refractivity contribution in [3.63, 3.8) is 0 Å². The Balaban J connectivity index is 1.54. The number of nitrogens with zero attached hydrogens (tertiary/aromatic N) is 2. The Bertz CT molecular complexity index is 1070. The normalized spacial score (nSPS) is 12.2. The van der Waals surface area contributed by atoms with Crippen LogP contribution >= 0.6 is 0 Å². The number of nitrogens with one attached hydrogen (secondary N) is 1. The predicted molar refractivity (Wildman–Crippen MR) is 96.6 cm³/mol. The molecule has 3 heterocycles. The Morgan fingerprint density at radius 3 is 2.81 bits per heavy atom. The van der Waals surface area contributed by atoms with Crippen molar-refractivity contribution in [3.05, 3.63) is 71.9 Å². The Morgan fingerprint density at radius 2 is 2.04 bits per heavy atom. The zero-order valence-corrected chi connectivity index (χ0v) is 14.4. The van der Waals surface area contributed by atoms with Crippen LogP contribution in [-0.4, -0.2) is 16.0 Å². The molecule has 1 N–H and O–H groups in total. The smallest absolute Gasteiger partial charge is 0.274 e. The molecule has 26 heavy (non-hydrogen) atoms. The maximum absolute atomic E-state index is 12.5. The molecule has 4 aromatic rings. The van der Waals surface area contributed by atoms with Crippen LogP contribution in [0.25, 0.3) is 22.3 Å². The Hall–Kier alpha value is -3.41. The second-order valence-electron chi connectivity index (χ2n) is 6.10. The van der Waals surface area contributed by atoms with Gasteiger partial charge in [0.05, 0.1) is 6.04 Å². The number of para-hydroxylation sites is 1. The third-order valence-electron chi connectivity index (χ3n) is 4.31. The van der Waals surface area contributed by atoms with Crippen LogP contribution in [0.3, 0.4) is 0 Å². The number of carbonyl (C=O) groups is 1. The van der Waals surface area contributed by atoms with Crippen molar-refractivity contribution in [3.8, 4) is 11.3 Å². The maximum atomic E-state index is 12.5. The summed E-state index contributed by atoms with van der Waals surface area (Å²) in [4.78, 5) is 16.5.